The second-order valence-corrected chi connectivity index (χ2v) is 5.26. The fourth-order valence-electron chi connectivity index (χ4n) is 2.18. The van der Waals surface area contributed by atoms with E-state index in [9.17, 15) is 5.11 Å². The predicted molar refractivity (Wildman–Crippen MR) is 59.4 cm³/mol. The molecule has 1 heterocycles. The number of hydrogen-bond acceptors (Lipinski definition) is 3. The Balaban J connectivity index is 2.34. The number of nitrogens with zero attached hydrogens (tertiary/aromatic N) is 2. The topological polar surface area (TPSA) is 26.7 Å². The first-order chi connectivity index (χ1) is 6.38. The molecular formula is C11H24N2O. The van der Waals surface area contributed by atoms with Crippen LogP contribution < -0.4 is 0 Å². The molecule has 1 fully saturated rings. The molecule has 0 saturated carbocycles. The maximum atomic E-state index is 9.72. The molecule has 0 amide bonds. The van der Waals surface area contributed by atoms with Crippen molar-refractivity contribution in [3.63, 3.8) is 0 Å². The number of hydrogen-bond donors (Lipinski definition) is 1. The van der Waals surface area contributed by atoms with Gasteiger partial charge < -0.3 is 14.9 Å². The maximum Gasteiger partial charge on any atom is 0.0718 e. The largest absolute Gasteiger partial charge is 0.389 e. The quantitative estimate of drug-likeness (QED) is 0.729. The minimum absolute atomic E-state index is 0.571. The molecule has 0 atom stereocenters. The third-order valence-electron chi connectivity index (χ3n) is 2.95. The van der Waals surface area contributed by atoms with Gasteiger partial charge in [0.05, 0.1) is 5.60 Å². The molecule has 0 spiro atoms. The molecule has 0 aromatic heterocycles. The van der Waals surface area contributed by atoms with Gasteiger partial charge in [-0.05, 0) is 53.9 Å². The van der Waals surface area contributed by atoms with Crippen LogP contribution in [0, 0.1) is 0 Å². The van der Waals surface area contributed by atoms with Crippen molar-refractivity contribution in [1.82, 2.24) is 9.80 Å². The summed E-state index contributed by atoms with van der Waals surface area (Å²) in [4.78, 5) is 4.67. The summed E-state index contributed by atoms with van der Waals surface area (Å²) in [6, 6.07) is 0.651. The molecule has 0 bridgehead atoms. The Morgan fingerprint density at radius 1 is 1.36 bits per heavy atom. The number of likely N-dealkylation sites (tertiary alicyclic amines) is 1. The van der Waals surface area contributed by atoms with Crippen molar-refractivity contribution in [2.45, 2.75) is 38.3 Å². The molecular weight excluding hydrogens is 176 g/mol. The van der Waals surface area contributed by atoms with Gasteiger partial charge in [0.25, 0.3) is 0 Å². The van der Waals surface area contributed by atoms with Crippen LogP contribution in [-0.2, 0) is 0 Å². The van der Waals surface area contributed by atoms with E-state index in [0.29, 0.717) is 6.04 Å². The first-order valence-electron chi connectivity index (χ1n) is 5.49. The van der Waals surface area contributed by atoms with E-state index >= 15 is 0 Å². The third-order valence-corrected chi connectivity index (χ3v) is 2.95. The van der Waals surface area contributed by atoms with Crippen LogP contribution in [0.4, 0.5) is 0 Å². The molecule has 1 saturated heterocycles. The van der Waals surface area contributed by atoms with Crippen molar-refractivity contribution in [2.24, 2.45) is 0 Å². The SMILES string of the molecule is CN1CCC(N(C)CC(C)(C)O)CC1. The van der Waals surface area contributed by atoms with Crippen molar-refractivity contribution < 1.29 is 5.11 Å². The van der Waals surface area contributed by atoms with Gasteiger partial charge in [0.2, 0.25) is 0 Å². The molecule has 3 nitrogen and oxygen atoms in total. The van der Waals surface area contributed by atoms with Crippen LogP contribution in [0.15, 0.2) is 0 Å². The lowest BCUT2D eigenvalue weighted by molar-refractivity contribution is 0.0207. The fraction of sp³-hybridized carbons (Fsp3) is 1.00. The summed E-state index contributed by atoms with van der Waals surface area (Å²) in [6.07, 6.45) is 2.45. The lowest BCUT2D eigenvalue weighted by Gasteiger charge is -2.37. The Kier molecular flexibility index (Phi) is 3.93. The Hall–Kier alpha value is -0.120. The molecule has 0 aliphatic carbocycles. The average Bonchev–Trinajstić information content (AvgIpc) is 2.02. The molecule has 1 rings (SSSR count). The minimum atomic E-state index is -0.571. The van der Waals surface area contributed by atoms with Crippen LogP contribution in [-0.4, -0.2) is 60.3 Å². The monoisotopic (exact) mass is 200 g/mol. The van der Waals surface area contributed by atoms with Gasteiger partial charge in [0.1, 0.15) is 0 Å². The van der Waals surface area contributed by atoms with Gasteiger partial charge in [-0.25, -0.2) is 0 Å². The van der Waals surface area contributed by atoms with Crippen LogP contribution in [0.5, 0.6) is 0 Å². The zero-order valence-electron chi connectivity index (χ0n) is 9.95. The summed E-state index contributed by atoms with van der Waals surface area (Å²) in [5.41, 5.74) is -0.571. The highest BCUT2D eigenvalue weighted by Crippen LogP contribution is 2.16. The highest BCUT2D eigenvalue weighted by atomic mass is 16.3. The fourth-order valence-corrected chi connectivity index (χ4v) is 2.18. The van der Waals surface area contributed by atoms with Crippen molar-refractivity contribution in [3.05, 3.63) is 0 Å². The summed E-state index contributed by atoms with van der Waals surface area (Å²) in [6.45, 7) is 6.88. The van der Waals surface area contributed by atoms with E-state index in [1.165, 1.54) is 25.9 Å². The van der Waals surface area contributed by atoms with Gasteiger partial charge in [0.15, 0.2) is 0 Å². The zero-order chi connectivity index (χ0) is 10.8. The molecule has 0 aromatic carbocycles. The lowest BCUT2D eigenvalue weighted by Crippen LogP contribution is -2.46. The number of likely N-dealkylation sites (N-methyl/N-ethyl adjacent to an activating group) is 1. The van der Waals surface area contributed by atoms with Crippen LogP contribution in [0.1, 0.15) is 26.7 Å². The summed E-state index contributed by atoms with van der Waals surface area (Å²) < 4.78 is 0. The van der Waals surface area contributed by atoms with Crippen molar-refractivity contribution >= 4 is 0 Å². The Labute approximate surface area is 87.7 Å². The number of rotatable bonds is 3. The number of aliphatic hydroxyl groups is 1. The van der Waals surface area contributed by atoms with Gasteiger partial charge >= 0.3 is 0 Å². The molecule has 3 heteroatoms. The summed E-state index contributed by atoms with van der Waals surface area (Å²) in [5, 5.41) is 9.72. The second-order valence-electron chi connectivity index (χ2n) is 5.26. The van der Waals surface area contributed by atoms with E-state index in [2.05, 4.69) is 23.9 Å². The standard InChI is InChI=1S/C11H24N2O/c1-11(2,14)9-13(4)10-5-7-12(3)8-6-10/h10,14H,5-9H2,1-4H3. The second kappa shape index (κ2) is 4.60. The van der Waals surface area contributed by atoms with Crippen LogP contribution in [0.3, 0.4) is 0 Å². The van der Waals surface area contributed by atoms with E-state index in [0.717, 1.165) is 6.54 Å². The van der Waals surface area contributed by atoms with Crippen molar-refractivity contribution in [2.75, 3.05) is 33.7 Å². The summed E-state index contributed by atoms with van der Waals surface area (Å²) in [7, 11) is 4.29. The Morgan fingerprint density at radius 3 is 2.29 bits per heavy atom. The first-order valence-corrected chi connectivity index (χ1v) is 5.49. The van der Waals surface area contributed by atoms with E-state index < -0.39 is 5.60 Å². The molecule has 0 radical (unpaired) electrons. The summed E-state index contributed by atoms with van der Waals surface area (Å²) >= 11 is 0. The highest BCUT2D eigenvalue weighted by molar-refractivity contribution is 4.80. The van der Waals surface area contributed by atoms with Gasteiger partial charge in [-0.15, -0.1) is 0 Å². The molecule has 14 heavy (non-hydrogen) atoms. The Bertz CT molecular complexity index is 169. The highest BCUT2D eigenvalue weighted by Gasteiger charge is 2.24. The van der Waals surface area contributed by atoms with E-state index in [1.54, 1.807) is 0 Å². The van der Waals surface area contributed by atoms with Crippen molar-refractivity contribution in [1.29, 1.82) is 0 Å². The van der Waals surface area contributed by atoms with Gasteiger partial charge in [-0.3, -0.25) is 0 Å². The average molecular weight is 200 g/mol. The molecule has 1 aliphatic heterocycles. The predicted octanol–water partition coefficient (Wildman–Crippen LogP) is 0.783. The van der Waals surface area contributed by atoms with Gasteiger partial charge in [0, 0.05) is 12.6 Å². The van der Waals surface area contributed by atoms with Gasteiger partial charge in [-0.1, -0.05) is 0 Å². The van der Waals surface area contributed by atoms with E-state index in [1.807, 2.05) is 13.8 Å². The van der Waals surface area contributed by atoms with Crippen LogP contribution >= 0.6 is 0 Å². The van der Waals surface area contributed by atoms with Crippen LogP contribution in [0.2, 0.25) is 0 Å². The number of piperidine rings is 1. The van der Waals surface area contributed by atoms with E-state index in [4.69, 9.17) is 0 Å². The van der Waals surface area contributed by atoms with E-state index in [-0.39, 0.29) is 0 Å². The van der Waals surface area contributed by atoms with Crippen molar-refractivity contribution in [3.8, 4) is 0 Å². The van der Waals surface area contributed by atoms with Gasteiger partial charge in [-0.2, -0.15) is 0 Å². The summed E-state index contributed by atoms with van der Waals surface area (Å²) in [5.74, 6) is 0. The molecule has 0 aromatic rings. The lowest BCUT2D eigenvalue weighted by atomic mass is 10.0. The molecule has 0 unspecified atom stereocenters. The normalized spacial score (nSPS) is 21.9. The molecule has 1 aliphatic rings. The Morgan fingerprint density at radius 2 is 1.86 bits per heavy atom. The smallest absolute Gasteiger partial charge is 0.0718 e. The minimum Gasteiger partial charge on any atom is -0.389 e. The zero-order valence-corrected chi connectivity index (χ0v) is 9.95. The first kappa shape index (κ1) is 12.0. The maximum absolute atomic E-state index is 9.72. The third kappa shape index (κ3) is 3.95. The molecule has 84 valence electrons. The van der Waals surface area contributed by atoms with Crippen LogP contribution in [0.25, 0.3) is 0 Å². The molecule has 1 N–H and O–H groups in total.